The zero-order chi connectivity index (χ0) is 19.4. The molecule has 1 aromatic carbocycles. The molecule has 0 spiro atoms. The van der Waals surface area contributed by atoms with Gasteiger partial charge >= 0.3 is 0 Å². The molecular weight excluding hydrogens is 344 g/mol. The van der Waals surface area contributed by atoms with E-state index in [1.165, 1.54) is 4.90 Å². The van der Waals surface area contributed by atoms with E-state index < -0.39 is 0 Å². The Bertz CT molecular complexity index is 582. The maximum absolute atomic E-state index is 10.4. The number of nitrogens with zero attached hydrogens (tertiary/aromatic N) is 1. The van der Waals surface area contributed by atoms with E-state index in [0.29, 0.717) is 12.5 Å². The SMILES string of the molecule is C=C(CC)O/C(=C\C)c1ccc(SN(CCCNC=O)CC(C)C)cc1. The van der Waals surface area contributed by atoms with Crippen LogP contribution in [0.5, 0.6) is 0 Å². The van der Waals surface area contributed by atoms with E-state index in [-0.39, 0.29) is 0 Å². The van der Waals surface area contributed by atoms with Crippen molar-refractivity contribution >= 4 is 24.1 Å². The first kappa shape index (κ1) is 22.3. The molecule has 1 N–H and O–H groups in total. The average Bonchev–Trinajstić information content (AvgIpc) is 2.63. The molecule has 1 amide bonds. The highest BCUT2D eigenvalue weighted by atomic mass is 32.2. The van der Waals surface area contributed by atoms with Crippen molar-refractivity contribution in [2.45, 2.75) is 45.4 Å². The van der Waals surface area contributed by atoms with Gasteiger partial charge in [-0.1, -0.05) is 39.5 Å². The zero-order valence-corrected chi connectivity index (χ0v) is 17.3. The third-order valence-electron chi connectivity index (χ3n) is 3.66. The summed E-state index contributed by atoms with van der Waals surface area (Å²) in [6.07, 6.45) is 4.46. The summed E-state index contributed by atoms with van der Waals surface area (Å²) in [5.74, 6) is 2.19. The fraction of sp³-hybridized carbons (Fsp3) is 0.476. The van der Waals surface area contributed by atoms with Crippen LogP contribution in [0, 0.1) is 5.92 Å². The summed E-state index contributed by atoms with van der Waals surface area (Å²) in [6.45, 7) is 15.0. The predicted octanol–water partition coefficient (Wildman–Crippen LogP) is 5.09. The molecule has 0 aliphatic heterocycles. The number of nitrogens with one attached hydrogen (secondary N) is 1. The van der Waals surface area contributed by atoms with Gasteiger partial charge < -0.3 is 10.1 Å². The minimum atomic E-state index is 0.587. The van der Waals surface area contributed by atoms with Crippen molar-refractivity contribution in [3.63, 3.8) is 0 Å². The second-order valence-corrected chi connectivity index (χ2v) is 7.64. The minimum Gasteiger partial charge on any atom is -0.462 e. The molecule has 0 atom stereocenters. The number of allylic oxidation sites excluding steroid dienone is 2. The van der Waals surface area contributed by atoms with E-state index in [0.717, 1.165) is 49.4 Å². The molecule has 4 nitrogen and oxygen atoms in total. The highest BCUT2D eigenvalue weighted by Gasteiger charge is 2.10. The van der Waals surface area contributed by atoms with Crippen LogP contribution in [0.25, 0.3) is 5.76 Å². The molecule has 0 fully saturated rings. The first-order chi connectivity index (χ1) is 12.5. The Labute approximate surface area is 162 Å². The molecule has 144 valence electrons. The molecule has 1 rings (SSSR count). The van der Waals surface area contributed by atoms with Crippen LogP contribution in [-0.2, 0) is 9.53 Å². The van der Waals surface area contributed by atoms with E-state index in [1.807, 2.05) is 19.9 Å². The van der Waals surface area contributed by atoms with Crippen LogP contribution in [0.2, 0.25) is 0 Å². The fourth-order valence-corrected chi connectivity index (χ4v) is 3.49. The van der Waals surface area contributed by atoms with Crippen LogP contribution in [0.15, 0.2) is 47.6 Å². The number of hydrogen-bond donors (Lipinski definition) is 1. The van der Waals surface area contributed by atoms with Gasteiger partial charge in [0.05, 0.1) is 5.76 Å². The normalized spacial score (nSPS) is 11.7. The van der Waals surface area contributed by atoms with Gasteiger partial charge in [-0.25, -0.2) is 4.31 Å². The number of hydrogen-bond acceptors (Lipinski definition) is 4. The Hall–Kier alpha value is -1.72. The Balaban J connectivity index is 2.71. The van der Waals surface area contributed by atoms with E-state index in [4.69, 9.17) is 4.74 Å². The van der Waals surface area contributed by atoms with Gasteiger partial charge in [0.1, 0.15) is 5.76 Å². The maximum Gasteiger partial charge on any atom is 0.207 e. The van der Waals surface area contributed by atoms with Gasteiger partial charge in [0.25, 0.3) is 0 Å². The van der Waals surface area contributed by atoms with Crippen molar-refractivity contribution in [1.82, 2.24) is 9.62 Å². The van der Waals surface area contributed by atoms with Gasteiger partial charge in [-0.2, -0.15) is 0 Å². The van der Waals surface area contributed by atoms with Gasteiger partial charge in [-0.3, -0.25) is 4.79 Å². The lowest BCUT2D eigenvalue weighted by Crippen LogP contribution is -2.25. The summed E-state index contributed by atoms with van der Waals surface area (Å²) in [5.41, 5.74) is 1.05. The van der Waals surface area contributed by atoms with Crippen LogP contribution < -0.4 is 5.32 Å². The van der Waals surface area contributed by atoms with Crippen LogP contribution >= 0.6 is 11.9 Å². The lowest BCUT2D eigenvalue weighted by atomic mass is 10.2. The summed E-state index contributed by atoms with van der Waals surface area (Å²) in [6, 6.07) is 8.42. The van der Waals surface area contributed by atoms with Crippen LogP contribution in [0.4, 0.5) is 0 Å². The molecule has 0 saturated heterocycles. The number of rotatable bonds is 13. The molecule has 0 aromatic heterocycles. The third kappa shape index (κ3) is 8.59. The summed E-state index contributed by atoms with van der Waals surface area (Å²) >= 11 is 1.76. The minimum absolute atomic E-state index is 0.587. The van der Waals surface area contributed by atoms with Gasteiger partial charge in [-0.05, 0) is 49.4 Å². The molecular formula is C21H32N2O2S. The topological polar surface area (TPSA) is 41.6 Å². The molecule has 26 heavy (non-hydrogen) atoms. The lowest BCUT2D eigenvalue weighted by molar-refractivity contribution is -0.109. The highest BCUT2D eigenvalue weighted by Crippen LogP contribution is 2.27. The largest absolute Gasteiger partial charge is 0.462 e. The molecule has 0 heterocycles. The molecule has 1 aromatic rings. The van der Waals surface area contributed by atoms with Crippen molar-refractivity contribution in [1.29, 1.82) is 0 Å². The molecule has 0 bridgehead atoms. The molecule has 0 saturated carbocycles. The summed E-state index contributed by atoms with van der Waals surface area (Å²) in [5, 5.41) is 2.72. The number of benzene rings is 1. The molecule has 0 aliphatic carbocycles. The van der Waals surface area contributed by atoms with Crippen LogP contribution in [0.1, 0.15) is 46.1 Å². The highest BCUT2D eigenvalue weighted by molar-refractivity contribution is 7.97. The summed E-state index contributed by atoms with van der Waals surface area (Å²) < 4.78 is 8.16. The Kier molecular flexibility index (Phi) is 10.8. The summed E-state index contributed by atoms with van der Waals surface area (Å²) in [7, 11) is 0. The Morgan fingerprint density at radius 1 is 1.35 bits per heavy atom. The van der Waals surface area contributed by atoms with Crippen molar-refractivity contribution in [2.24, 2.45) is 5.92 Å². The second-order valence-electron chi connectivity index (χ2n) is 6.47. The van der Waals surface area contributed by atoms with Gasteiger partial charge in [0.2, 0.25) is 6.41 Å². The number of carbonyl (C=O) groups excluding carboxylic acids is 1. The van der Waals surface area contributed by atoms with Crippen LogP contribution in [0.3, 0.4) is 0 Å². The molecule has 0 aliphatic rings. The number of amides is 1. The van der Waals surface area contributed by atoms with E-state index in [2.05, 4.69) is 54.3 Å². The number of carbonyl (C=O) groups is 1. The van der Waals surface area contributed by atoms with Gasteiger partial charge in [0, 0.05) is 36.5 Å². The first-order valence-electron chi connectivity index (χ1n) is 9.22. The predicted molar refractivity (Wildman–Crippen MR) is 112 cm³/mol. The zero-order valence-electron chi connectivity index (χ0n) is 16.5. The van der Waals surface area contributed by atoms with Crippen LogP contribution in [-0.4, -0.2) is 30.3 Å². The fourth-order valence-electron chi connectivity index (χ4n) is 2.34. The average molecular weight is 377 g/mol. The molecule has 0 unspecified atom stereocenters. The lowest BCUT2D eigenvalue weighted by Gasteiger charge is -2.23. The van der Waals surface area contributed by atoms with E-state index in [1.54, 1.807) is 11.9 Å². The second kappa shape index (κ2) is 12.6. The van der Waals surface area contributed by atoms with E-state index >= 15 is 0 Å². The summed E-state index contributed by atoms with van der Waals surface area (Å²) in [4.78, 5) is 11.6. The van der Waals surface area contributed by atoms with Gasteiger partial charge in [-0.15, -0.1) is 0 Å². The van der Waals surface area contributed by atoms with E-state index in [9.17, 15) is 4.79 Å². The molecule has 0 radical (unpaired) electrons. The van der Waals surface area contributed by atoms with Crippen molar-refractivity contribution < 1.29 is 9.53 Å². The third-order valence-corrected chi connectivity index (χ3v) is 4.74. The smallest absolute Gasteiger partial charge is 0.207 e. The number of ether oxygens (including phenoxy) is 1. The van der Waals surface area contributed by atoms with Crippen molar-refractivity contribution in [2.75, 3.05) is 19.6 Å². The Morgan fingerprint density at radius 2 is 2.04 bits per heavy atom. The monoisotopic (exact) mass is 376 g/mol. The first-order valence-corrected chi connectivity index (χ1v) is 9.99. The van der Waals surface area contributed by atoms with Gasteiger partial charge in [0.15, 0.2) is 0 Å². The maximum atomic E-state index is 10.4. The Morgan fingerprint density at radius 3 is 2.58 bits per heavy atom. The standard InChI is InChI=1S/C21H32N2O2S/c1-6-18(5)25-21(7-2)19-9-11-20(12-10-19)26-23(15-17(3)4)14-8-13-22-16-24/h7,9-12,16-17H,5-6,8,13-15H2,1-4H3,(H,22,24)/b21-7-. The van der Waals surface area contributed by atoms with Crippen molar-refractivity contribution in [3.8, 4) is 0 Å². The van der Waals surface area contributed by atoms with Crippen molar-refractivity contribution in [3.05, 3.63) is 48.2 Å². The quantitative estimate of drug-likeness (QED) is 0.225. The molecule has 5 heteroatoms.